The Bertz CT molecular complexity index is 274. The van der Waals surface area contributed by atoms with Crippen molar-refractivity contribution in [1.29, 1.82) is 0 Å². The van der Waals surface area contributed by atoms with Crippen molar-refractivity contribution in [2.75, 3.05) is 7.05 Å². The number of hydrogen-bond acceptors (Lipinski definition) is 2. The molecule has 5 heteroatoms. The van der Waals surface area contributed by atoms with Gasteiger partial charge in [0.25, 0.3) is 0 Å². The van der Waals surface area contributed by atoms with E-state index in [9.17, 15) is 9.59 Å². The van der Waals surface area contributed by atoms with Gasteiger partial charge in [-0.25, -0.2) is 9.59 Å². The Morgan fingerprint density at radius 1 is 1.38 bits per heavy atom. The summed E-state index contributed by atoms with van der Waals surface area (Å²) in [4.78, 5) is 24.3. The zero-order valence-electron chi connectivity index (χ0n) is 10.1. The van der Waals surface area contributed by atoms with Gasteiger partial charge in [0, 0.05) is 13.1 Å². The number of carboxylic acids is 1. The molecule has 1 aliphatic rings. The van der Waals surface area contributed by atoms with Gasteiger partial charge >= 0.3 is 12.0 Å². The number of carbonyl (C=O) groups excluding carboxylic acids is 1. The first-order chi connectivity index (χ1) is 7.43. The molecule has 16 heavy (non-hydrogen) atoms. The maximum absolute atomic E-state index is 11.7. The molecule has 0 bridgehead atoms. The minimum atomic E-state index is -0.981. The van der Waals surface area contributed by atoms with Crippen LogP contribution in [0.4, 0.5) is 4.79 Å². The lowest BCUT2D eigenvalue weighted by atomic mass is 9.92. The Morgan fingerprint density at radius 3 is 2.25 bits per heavy atom. The van der Waals surface area contributed by atoms with Crippen molar-refractivity contribution in [2.24, 2.45) is 5.92 Å². The van der Waals surface area contributed by atoms with Gasteiger partial charge in [-0.2, -0.15) is 0 Å². The first-order valence-corrected chi connectivity index (χ1v) is 5.69. The van der Waals surface area contributed by atoms with E-state index in [0.29, 0.717) is 0 Å². The van der Waals surface area contributed by atoms with Crippen LogP contribution in [-0.2, 0) is 4.79 Å². The maximum atomic E-state index is 11.7. The molecular weight excluding hydrogens is 208 g/mol. The predicted molar refractivity (Wildman–Crippen MR) is 60.2 cm³/mol. The number of carbonyl (C=O) groups is 2. The average molecular weight is 228 g/mol. The van der Waals surface area contributed by atoms with Crippen molar-refractivity contribution in [3.05, 3.63) is 0 Å². The lowest BCUT2D eigenvalue weighted by Gasteiger charge is -2.35. The molecule has 0 aliphatic heterocycles. The molecule has 0 aromatic rings. The van der Waals surface area contributed by atoms with E-state index in [1.807, 2.05) is 0 Å². The first kappa shape index (κ1) is 12.8. The zero-order valence-corrected chi connectivity index (χ0v) is 10.1. The normalized spacial score (nSPS) is 17.8. The third-order valence-electron chi connectivity index (χ3n) is 3.15. The molecule has 0 saturated heterocycles. The molecule has 2 amide bonds. The van der Waals surface area contributed by atoms with Crippen molar-refractivity contribution >= 4 is 12.0 Å². The van der Waals surface area contributed by atoms with Crippen LogP contribution < -0.4 is 5.32 Å². The van der Waals surface area contributed by atoms with Gasteiger partial charge in [0.15, 0.2) is 0 Å². The average Bonchev–Trinajstić information content (AvgIpc) is 2.09. The van der Waals surface area contributed by atoms with Gasteiger partial charge in [-0.15, -0.1) is 0 Å². The molecule has 92 valence electrons. The summed E-state index contributed by atoms with van der Waals surface area (Å²) in [5.41, 5.74) is 0. The van der Waals surface area contributed by atoms with Crippen LogP contribution >= 0.6 is 0 Å². The standard InChI is InChI=1S/C11H20N2O3/c1-7(2)9(10(14)15)12-11(16)13(3)8-5-4-6-8/h7-9H,4-6H2,1-3H3,(H,12,16)(H,14,15)/t9-/m1/s1. The number of rotatable bonds is 4. The van der Waals surface area contributed by atoms with Crippen molar-refractivity contribution in [3.63, 3.8) is 0 Å². The largest absolute Gasteiger partial charge is 0.480 e. The summed E-state index contributed by atoms with van der Waals surface area (Å²) in [5.74, 6) is -1.10. The van der Waals surface area contributed by atoms with E-state index < -0.39 is 12.0 Å². The highest BCUT2D eigenvalue weighted by Crippen LogP contribution is 2.23. The molecule has 0 radical (unpaired) electrons. The van der Waals surface area contributed by atoms with Crippen LogP contribution in [0.15, 0.2) is 0 Å². The molecule has 1 fully saturated rings. The van der Waals surface area contributed by atoms with Gasteiger partial charge in [-0.05, 0) is 25.2 Å². The minimum absolute atomic E-state index is 0.115. The fraction of sp³-hybridized carbons (Fsp3) is 0.818. The summed E-state index contributed by atoms with van der Waals surface area (Å²) in [5, 5.41) is 11.5. The molecule has 0 unspecified atom stereocenters. The molecule has 1 aliphatic carbocycles. The molecule has 1 rings (SSSR count). The second kappa shape index (κ2) is 5.18. The van der Waals surface area contributed by atoms with Gasteiger partial charge in [0.1, 0.15) is 6.04 Å². The third-order valence-corrected chi connectivity index (χ3v) is 3.15. The third kappa shape index (κ3) is 2.87. The second-order valence-electron chi connectivity index (χ2n) is 4.71. The van der Waals surface area contributed by atoms with Crippen molar-refractivity contribution in [1.82, 2.24) is 10.2 Å². The topological polar surface area (TPSA) is 69.6 Å². The summed E-state index contributed by atoms with van der Waals surface area (Å²) in [6.07, 6.45) is 3.18. The summed E-state index contributed by atoms with van der Waals surface area (Å²) in [6.45, 7) is 3.56. The fourth-order valence-corrected chi connectivity index (χ4v) is 1.69. The van der Waals surface area contributed by atoms with E-state index in [0.717, 1.165) is 19.3 Å². The van der Waals surface area contributed by atoms with E-state index in [1.54, 1.807) is 25.8 Å². The van der Waals surface area contributed by atoms with E-state index in [-0.39, 0.29) is 18.0 Å². The summed E-state index contributed by atoms with van der Waals surface area (Å²) < 4.78 is 0. The Hall–Kier alpha value is -1.26. The minimum Gasteiger partial charge on any atom is -0.480 e. The number of carboxylic acid groups (broad SMARTS) is 1. The molecule has 2 N–H and O–H groups in total. The van der Waals surface area contributed by atoms with Crippen LogP contribution in [0.5, 0.6) is 0 Å². The molecule has 0 heterocycles. The van der Waals surface area contributed by atoms with Crippen molar-refractivity contribution in [2.45, 2.75) is 45.2 Å². The number of hydrogen-bond donors (Lipinski definition) is 2. The highest BCUT2D eigenvalue weighted by atomic mass is 16.4. The molecule has 1 atom stereocenters. The van der Waals surface area contributed by atoms with E-state index >= 15 is 0 Å². The number of urea groups is 1. The quantitative estimate of drug-likeness (QED) is 0.761. The second-order valence-corrected chi connectivity index (χ2v) is 4.71. The maximum Gasteiger partial charge on any atom is 0.326 e. The summed E-state index contributed by atoms with van der Waals surface area (Å²) in [7, 11) is 1.72. The van der Waals surface area contributed by atoms with Crippen LogP contribution in [0.1, 0.15) is 33.1 Å². The van der Waals surface area contributed by atoms with Crippen LogP contribution in [0.25, 0.3) is 0 Å². The highest BCUT2D eigenvalue weighted by molar-refractivity contribution is 5.82. The number of nitrogens with one attached hydrogen (secondary N) is 1. The first-order valence-electron chi connectivity index (χ1n) is 5.69. The summed E-state index contributed by atoms with van der Waals surface area (Å²) in [6, 6.07) is -0.817. The lowest BCUT2D eigenvalue weighted by Crippen LogP contribution is -2.52. The summed E-state index contributed by atoms with van der Waals surface area (Å²) >= 11 is 0. The van der Waals surface area contributed by atoms with E-state index in [1.165, 1.54) is 0 Å². The lowest BCUT2D eigenvalue weighted by molar-refractivity contribution is -0.140. The van der Waals surface area contributed by atoms with Crippen molar-refractivity contribution in [3.8, 4) is 0 Å². The van der Waals surface area contributed by atoms with Gasteiger partial charge in [-0.1, -0.05) is 13.8 Å². The number of nitrogens with zero attached hydrogens (tertiary/aromatic N) is 1. The van der Waals surface area contributed by atoms with Crippen LogP contribution in [0.3, 0.4) is 0 Å². The van der Waals surface area contributed by atoms with Gasteiger partial charge < -0.3 is 15.3 Å². The van der Waals surface area contributed by atoms with Gasteiger partial charge in [-0.3, -0.25) is 0 Å². The van der Waals surface area contributed by atoms with Crippen LogP contribution in [0.2, 0.25) is 0 Å². The molecular formula is C11H20N2O3. The Balaban J connectivity index is 2.50. The Morgan fingerprint density at radius 2 is 1.94 bits per heavy atom. The predicted octanol–water partition coefficient (Wildman–Crippen LogP) is 1.29. The van der Waals surface area contributed by atoms with Gasteiger partial charge in [0.2, 0.25) is 0 Å². The van der Waals surface area contributed by atoms with E-state index in [4.69, 9.17) is 5.11 Å². The zero-order chi connectivity index (χ0) is 12.3. The molecule has 1 saturated carbocycles. The monoisotopic (exact) mass is 228 g/mol. The van der Waals surface area contributed by atoms with Crippen LogP contribution in [0, 0.1) is 5.92 Å². The Labute approximate surface area is 95.8 Å². The molecule has 0 aromatic carbocycles. The van der Waals surface area contributed by atoms with Gasteiger partial charge in [0.05, 0.1) is 0 Å². The van der Waals surface area contributed by atoms with Crippen molar-refractivity contribution < 1.29 is 14.7 Å². The fourth-order valence-electron chi connectivity index (χ4n) is 1.69. The Kier molecular flexibility index (Phi) is 4.15. The molecule has 0 spiro atoms. The highest BCUT2D eigenvalue weighted by Gasteiger charge is 2.29. The number of aliphatic carboxylic acids is 1. The molecule has 5 nitrogen and oxygen atoms in total. The SMILES string of the molecule is CC(C)[C@@H](NC(=O)N(C)C1CCC1)C(=O)O. The van der Waals surface area contributed by atoms with Crippen LogP contribution in [-0.4, -0.2) is 41.1 Å². The molecule has 0 aromatic heterocycles. The number of amides is 2. The van der Waals surface area contributed by atoms with E-state index in [2.05, 4.69) is 5.32 Å². The smallest absolute Gasteiger partial charge is 0.326 e.